The van der Waals surface area contributed by atoms with E-state index in [4.69, 9.17) is 16.3 Å². The van der Waals surface area contributed by atoms with Gasteiger partial charge in [-0.15, -0.1) is 0 Å². The molecule has 142 valence electrons. The number of imide groups is 1. The average molecular weight is 398 g/mol. The van der Waals surface area contributed by atoms with Crippen LogP contribution >= 0.6 is 11.6 Å². The summed E-state index contributed by atoms with van der Waals surface area (Å²) in [5.41, 5.74) is 0.781. The van der Waals surface area contributed by atoms with E-state index in [1.807, 2.05) is 0 Å². The maximum absolute atomic E-state index is 12.8. The van der Waals surface area contributed by atoms with Crippen LogP contribution in [0.1, 0.15) is 33.2 Å². The Bertz CT molecular complexity index is 959. The van der Waals surface area contributed by atoms with E-state index in [-0.39, 0.29) is 23.3 Å². The second kappa shape index (κ2) is 8.19. The van der Waals surface area contributed by atoms with Gasteiger partial charge in [-0.2, -0.15) is 0 Å². The fourth-order valence-electron chi connectivity index (χ4n) is 2.80. The summed E-state index contributed by atoms with van der Waals surface area (Å²) in [7, 11) is 0. The fourth-order valence-corrected chi connectivity index (χ4v) is 2.93. The van der Waals surface area contributed by atoms with Crippen LogP contribution in [0.3, 0.4) is 0 Å². The van der Waals surface area contributed by atoms with Crippen LogP contribution in [0.4, 0.5) is 0 Å². The molecular formula is C21H16ClNO5. The first-order valence-electron chi connectivity index (χ1n) is 8.55. The topological polar surface area (TPSA) is 80.8 Å². The molecule has 0 fully saturated rings. The Kier molecular flexibility index (Phi) is 5.70. The van der Waals surface area contributed by atoms with Crippen molar-refractivity contribution in [1.29, 1.82) is 0 Å². The number of hydrogen-bond donors (Lipinski definition) is 0. The molecule has 0 unspecified atom stereocenters. The third-order valence-corrected chi connectivity index (χ3v) is 4.41. The van der Waals surface area contributed by atoms with Gasteiger partial charge in [-0.05, 0) is 42.8 Å². The molecule has 0 N–H and O–H groups in total. The van der Waals surface area contributed by atoms with Crippen LogP contribution in [0.15, 0.2) is 54.1 Å². The Morgan fingerprint density at radius 1 is 1.00 bits per heavy atom. The van der Waals surface area contributed by atoms with Gasteiger partial charge in [0.2, 0.25) is 0 Å². The van der Waals surface area contributed by atoms with Crippen LogP contribution in [0.25, 0.3) is 6.08 Å². The van der Waals surface area contributed by atoms with Crippen molar-refractivity contribution in [3.8, 4) is 0 Å². The van der Waals surface area contributed by atoms with Crippen LogP contribution in [0.5, 0.6) is 0 Å². The summed E-state index contributed by atoms with van der Waals surface area (Å²) in [6.45, 7) is 1.15. The lowest BCUT2D eigenvalue weighted by Crippen LogP contribution is -2.36. The number of carbonyl (C=O) groups excluding carboxylic acids is 4. The van der Waals surface area contributed by atoms with E-state index < -0.39 is 30.1 Å². The molecule has 0 aromatic heterocycles. The van der Waals surface area contributed by atoms with Gasteiger partial charge < -0.3 is 4.74 Å². The van der Waals surface area contributed by atoms with Gasteiger partial charge in [0.05, 0.1) is 24.3 Å². The van der Waals surface area contributed by atoms with Crippen LogP contribution in [0, 0.1) is 0 Å². The van der Waals surface area contributed by atoms with Crippen LogP contribution in [0.2, 0.25) is 5.02 Å². The summed E-state index contributed by atoms with van der Waals surface area (Å²) in [6.07, 6.45) is 1.36. The van der Waals surface area contributed by atoms with Gasteiger partial charge in [0.1, 0.15) is 5.57 Å². The lowest BCUT2D eigenvalue weighted by atomic mass is 10.1. The Hall–Kier alpha value is -3.25. The van der Waals surface area contributed by atoms with Crippen molar-refractivity contribution in [3.05, 3.63) is 75.8 Å². The minimum absolute atomic E-state index is 0.0804. The minimum Gasteiger partial charge on any atom is -0.462 e. The number of benzene rings is 2. The number of rotatable bonds is 6. The van der Waals surface area contributed by atoms with E-state index in [0.29, 0.717) is 10.6 Å². The fraction of sp³-hybridized carbons (Fsp3) is 0.143. The summed E-state index contributed by atoms with van der Waals surface area (Å²) >= 11 is 5.85. The van der Waals surface area contributed by atoms with Crippen LogP contribution in [-0.4, -0.2) is 41.6 Å². The number of amides is 2. The second-order valence-corrected chi connectivity index (χ2v) is 6.43. The number of hydrogen-bond acceptors (Lipinski definition) is 5. The number of fused-ring (bicyclic) bond motifs is 1. The molecule has 1 heterocycles. The lowest BCUT2D eigenvalue weighted by molar-refractivity contribution is -0.140. The first-order chi connectivity index (χ1) is 13.4. The van der Waals surface area contributed by atoms with Gasteiger partial charge in [0.25, 0.3) is 11.8 Å². The van der Waals surface area contributed by atoms with E-state index in [2.05, 4.69) is 0 Å². The SMILES string of the molecule is CCOC(=O)/C(=C\c1ccc(Cl)cc1)C(=O)CN1C(=O)c2ccccc2C1=O. The summed E-state index contributed by atoms with van der Waals surface area (Å²) < 4.78 is 4.96. The Balaban J connectivity index is 1.88. The zero-order valence-electron chi connectivity index (χ0n) is 15.0. The maximum atomic E-state index is 12.8. The molecule has 0 bridgehead atoms. The highest BCUT2D eigenvalue weighted by Gasteiger charge is 2.37. The van der Waals surface area contributed by atoms with Crippen molar-refractivity contribution in [2.75, 3.05) is 13.2 Å². The number of halogens is 1. The number of ketones is 1. The standard InChI is InChI=1S/C21H16ClNO5/c1-2-28-21(27)17(11-13-7-9-14(22)10-8-13)18(24)12-23-19(25)15-5-3-4-6-16(15)20(23)26/h3-11H,2,12H2,1H3/b17-11-. The van der Waals surface area contributed by atoms with Gasteiger partial charge >= 0.3 is 5.97 Å². The highest BCUT2D eigenvalue weighted by atomic mass is 35.5. The number of nitrogens with zero attached hydrogens (tertiary/aromatic N) is 1. The molecule has 6 nitrogen and oxygen atoms in total. The number of carbonyl (C=O) groups is 4. The summed E-state index contributed by atoms with van der Waals surface area (Å²) in [4.78, 5) is 50.8. The van der Waals surface area contributed by atoms with E-state index in [9.17, 15) is 19.2 Å². The molecule has 0 saturated carbocycles. The Labute approximate surface area is 166 Å². The van der Waals surface area contributed by atoms with Gasteiger partial charge in [-0.1, -0.05) is 35.9 Å². The van der Waals surface area contributed by atoms with E-state index in [1.165, 1.54) is 18.2 Å². The van der Waals surface area contributed by atoms with E-state index >= 15 is 0 Å². The molecule has 2 aromatic rings. The number of ether oxygens (including phenoxy) is 1. The summed E-state index contributed by atoms with van der Waals surface area (Å²) in [6, 6.07) is 12.8. The van der Waals surface area contributed by atoms with Crippen LogP contribution < -0.4 is 0 Å². The van der Waals surface area contributed by atoms with Crippen molar-refractivity contribution in [2.24, 2.45) is 0 Å². The number of esters is 1. The van der Waals surface area contributed by atoms with Gasteiger partial charge in [-0.25, -0.2) is 4.79 Å². The highest BCUT2D eigenvalue weighted by Crippen LogP contribution is 2.23. The molecule has 28 heavy (non-hydrogen) atoms. The third-order valence-electron chi connectivity index (χ3n) is 4.16. The normalized spacial score (nSPS) is 13.5. The second-order valence-electron chi connectivity index (χ2n) is 6.00. The van der Waals surface area contributed by atoms with E-state index in [0.717, 1.165) is 4.90 Å². The molecule has 2 aromatic carbocycles. The monoisotopic (exact) mass is 397 g/mol. The van der Waals surface area contributed by atoms with Crippen molar-refractivity contribution < 1.29 is 23.9 Å². The van der Waals surface area contributed by atoms with Gasteiger partial charge in [0.15, 0.2) is 5.78 Å². The first-order valence-corrected chi connectivity index (χ1v) is 8.93. The van der Waals surface area contributed by atoms with Crippen molar-refractivity contribution in [1.82, 2.24) is 4.90 Å². The molecule has 0 aliphatic carbocycles. The molecule has 0 saturated heterocycles. The highest BCUT2D eigenvalue weighted by molar-refractivity contribution is 6.30. The first kappa shape index (κ1) is 19.5. The minimum atomic E-state index is -0.820. The molecule has 1 aliphatic rings. The van der Waals surface area contributed by atoms with E-state index in [1.54, 1.807) is 43.3 Å². The Morgan fingerprint density at radius 3 is 2.11 bits per heavy atom. The molecular weight excluding hydrogens is 382 g/mol. The maximum Gasteiger partial charge on any atom is 0.341 e. The number of Topliss-reactive ketones (excluding diaryl/α,β-unsaturated/α-hetero) is 1. The molecule has 2 amide bonds. The largest absolute Gasteiger partial charge is 0.462 e. The van der Waals surface area contributed by atoms with Crippen molar-refractivity contribution in [3.63, 3.8) is 0 Å². The molecule has 0 atom stereocenters. The smallest absolute Gasteiger partial charge is 0.341 e. The average Bonchev–Trinajstić information content (AvgIpc) is 2.93. The Morgan fingerprint density at radius 2 is 1.57 bits per heavy atom. The molecule has 1 aliphatic heterocycles. The molecule has 0 spiro atoms. The zero-order valence-corrected chi connectivity index (χ0v) is 15.7. The lowest BCUT2D eigenvalue weighted by Gasteiger charge is -2.14. The van der Waals surface area contributed by atoms with Gasteiger partial charge in [-0.3, -0.25) is 19.3 Å². The van der Waals surface area contributed by atoms with Gasteiger partial charge in [0, 0.05) is 5.02 Å². The summed E-state index contributed by atoms with van der Waals surface area (Å²) in [5.74, 6) is -2.64. The molecule has 3 rings (SSSR count). The molecule has 0 radical (unpaired) electrons. The van der Waals surface area contributed by atoms with Crippen molar-refractivity contribution >= 4 is 41.2 Å². The van der Waals surface area contributed by atoms with Crippen molar-refractivity contribution in [2.45, 2.75) is 6.92 Å². The molecule has 7 heteroatoms. The third kappa shape index (κ3) is 3.87. The quantitative estimate of drug-likeness (QED) is 0.246. The summed E-state index contributed by atoms with van der Waals surface area (Å²) in [5, 5.41) is 0.507. The van der Waals surface area contributed by atoms with Crippen LogP contribution in [-0.2, 0) is 14.3 Å². The predicted molar refractivity (Wildman–Crippen MR) is 103 cm³/mol. The predicted octanol–water partition coefficient (Wildman–Crippen LogP) is 3.15. The zero-order chi connectivity index (χ0) is 20.3.